The quantitative estimate of drug-likeness (QED) is 0.655. The van der Waals surface area contributed by atoms with E-state index < -0.39 is 0 Å². The van der Waals surface area contributed by atoms with E-state index in [2.05, 4.69) is 43.3 Å². The van der Waals surface area contributed by atoms with Crippen molar-refractivity contribution in [1.29, 1.82) is 0 Å². The molecule has 0 aliphatic rings. The number of para-hydroxylation sites is 1. The van der Waals surface area contributed by atoms with Gasteiger partial charge in [-0.1, -0.05) is 67.1 Å². The minimum atomic E-state index is 0.793. The first-order valence-electron chi connectivity index (χ1n) is 6.89. The Labute approximate surface area is 124 Å². The number of nitrogens with zero attached hydrogens (tertiary/aromatic N) is 1. The van der Waals surface area contributed by atoms with E-state index in [4.69, 9.17) is 16.6 Å². The van der Waals surface area contributed by atoms with E-state index in [1.54, 1.807) is 0 Å². The smallest absolute Gasteiger partial charge is 0.0755 e. The molecule has 0 radical (unpaired) electrons. The van der Waals surface area contributed by atoms with Crippen molar-refractivity contribution in [1.82, 2.24) is 4.98 Å². The molecule has 0 spiro atoms. The normalized spacial score (nSPS) is 10.9. The lowest BCUT2D eigenvalue weighted by molar-refractivity contribution is 1.05. The maximum Gasteiger partial charge on any atom is 0.0755 e. The van der Waals surface area contributed by atoms with Gasteiger partial charge in [0.15, 0.2) is 0 Å². The van der Waals surface area contributed by atoms with Crippen molar-refractivity contribution in [2.75, 3.05) is 0 Å². The van der Waals surface area contributed by atoms with E-state index in [0.717, 1.165) is 34.5 Å². The zero-order valence-electron chi connectivity index (χ0n) is 11.4. The van der Waals surface area contributed by atoms with Gasteiger partial charge in [-0.05, 0) is 30.0 Å². The third-order valence-corrected chi connectivity index (χ3v) is 3.84. The molecule has 0 unspecified atom stereocenters. The van der Waals surface area contributed by atoms with Gasteiger partial charge in [0.2, 0.25) is 0 Å². The van der Waals surface area contributed by atoms with Crippen LogP contribution in [0, 0.1) is 0 Å². The van der Waals surface area contributed by atoms with Crippen molar-refractivity contribution in [2.45, 2.75) is 19.8 Å². The number of hydrogen-bond acceptors (Lipinski definition) is 1. The van der Waals surface area contributed by atoms with Crippen LogP contribution in [0.15, 0.2) is 54.6 Å². The summed E-state index contributed by atoms with van der Waals surface area (Å²) >= 11 is 6.38. The molecule has 0 aliphatic carbocycles. The van der Waals surface area contributed by atoms with Crippen LogP contribution in [0.3, 0.4) is 0 Å². The molecule has 1 nitrogen and oxygen atoms in total. The number of benzene rings is 2. The third-order valence-electron chi connectivity index (χ3n) is 3.53. The maximum absolute atomic E-state index is 6.38. The Hall–Kier alpha value is -1.86. The fourth-order valence-corrected chi connectivity index (χ4v) is 2.73. The average molecular weight is 282 g/mol. The van der Waals surface area contributed by atoms with Crippen molar-refractivity contribution < 1.29 is 0 Å². The SMILES string of the molecule is CCc1cc(Cl)c2cccc(Cc3ccccc3)c2n1. The van der Waals surface area contributed by atoms with Crippen LogP contribution in [0.5, 0.6) is 0 Å². The van der Waals surface area contributed by atoms with Crippen LogP contribution in [0.25, 0.3) is 10.9 Å². The lowest BCUT2D eigenvalue weighted by Crippen LogP contribution is -1.95. The van der Waals surface area contributed by atoms with Gasteiger partial charge in [-0.3, -0.25) is 4.98 Å². The number of fused-ring (bicyclic) bond motifs is 1. The zero-order valence-corrected chi connectivity index (χ0v) is 12.2. The van der Waals surface area contributed by atoms with E-state index in [1.807, 2.05) is 18.2 Å². The highest BCUT2D eigenvalue weighted by molar-refractivity contribution is 6.35. The average Bonchev–Trinajstić information content (AvgIpc) is 2.49. The summed E-state index contributed by atoms with van der Waals surface area (Å²) in [7, 11) is 0. The maximum atomic E-state index is 6.38. The molecule has 100 valence electrons. The summed E-state index contributed by atoms with van der Waals surface area (Å²) in [6, 6.07) is 18.7. The summed E-state index contributed by atoms with van der Waals surface area (Å²) in [4.78, 5) is 4.77. The van der Waals surface area contributed by atoms with Crippen LogP contribution < -0.4 is 0 Å². The van der Waals surface area contributed by atoms with Gasteiger partial charge >= 0.3 is 0 Å². The molecule has 0 aliphatic heterocycles. The molecule has 0 amide bonds. The second-order valence-electron chi connectivity index (χ2n) is 4.92. The van der Waals surface area contributed by atoms with Crippen LogP contribution in [0.1, 0.15) is 23.7 Å². The van der Waals surface area contributed by atoms with Crippen molar-refractivity contribution in [3.63, 3.8) is 0 Å². The molecule has 1 heterocycles. The Morgan fingerprint density at radius 1 is 1.00 bits per heavy atom. The van der Waals surface area contributed by atoms with Crippen molar-refractivity contribution in [3.8, 4) is 0 Å². The van der Waals surface area contributed by atoms with Gasteiger partial charge in [0.25, 0.3) is 0 Å². The van der Waals surface area contributed by atoms with Gasteiger partial charge in [-0.15, -0.1) is 0 Å². The summed E-state index contributed by atoms with van der Waals surface area (Å²) in [6.07, 6.45) is 1.78. The minimum Gasteiger partial charge on any atom is -0.252 e. The van der Waals surface area contributed by atoms with E-state index in [-0.39, 0.29) is 0 Å². The van der Waals surface area contributed by atoms with Gasteiger partial charge < -0.3 is 0 Å². The van der Waals surface area contributed by atoms with Gasteiger partial charge in [-0.2, -0.15) is 0 Å². The number of aromatic nitrogens is 1. The highest BCUT2D eigenvalue weighted by Gasteiger charge is 2.08. The minimum absolute atomic E-state index is 0.793. The van der Waals surface area contributed by atoms with Gasteiger partial charge in [0.1, 0.15) is 0 Å². The number of aryl methyl sites for hydroxylation is 1. The van der Waals surface area contributed by atoms with E-state index in [0.29, 0.717) is 0 Å². The molecule has 3 rings (SSSR count). The van der Waals surface area contributed by atoms with Crippen molar-refractivity contribution >= 4 is 22.5 Å². The zero-order chi connectivity index (χ0) is 13.9. The van der Waals surface area contributed by atoms with Gasteiger partial charge in [-0.25, -0.2) is 0 Å². The molecule has 0 N–H and O–H groups in total. The summed E-state index contributed by atoms with van der Waals surface area (Å²) in [5.74, 6) is 0. The first kappa shape index (κ1) is 13.1. The van der Waals surface area contributed by atoms with E-state index in [1.165, 1.54) is 11.1 Å². The second-order valence-corrected chi connectivity index (χ2v) is 5.33. The Kier molecular flexibility index (Phi) is 3.70. The Balaban J connectivity index is 2.13. The lowest BCUT2D eigenvalue weighted by Gasteiger charge is -2.09. The lowest BCUT2D eigenvalue weighted by atomic mass is 10.0. The molecule has 0 bridgehead atoms. The molecule has 0 fully saturated rings. The molecular formula is C18H16ClN. The van der Waals surface area contributed by atoms with Crippen molar-refractivity contribution in [2.24, 2.45) is 0 Å². The number of pyridine rings is 1. The van der Waals surface area contributed by atoms with Gasteiger partial charge in [0, 0.05) is 11.1 Å². The Bertz CT molecular complexity index is 735. The monoisotopic (exact) mass is 281 g/mol. The molecule has 20 heavy (non-hydrogen) atoms. The largest absolute Gasteiger partial charge is 0.252 e. The highest BCUT2D eigenvalue weighted by Crippen LogP contribution is 2.27. The summed E-state index contributed by atoms with van der Waals surface area (Å²) in [6.45, 7) is 2.10. The molecule has 2 aromatic carbocycles. The first-order valence-corrected chi connectivity index (χ1v) is 7.26. The van der Waals surface area contributed by atoms with Crippen LogP contribution >= 0.6 is 11.6 Å². The molecule has 0 saturated carbocycles. The molecular weight excluding hydrogens is 266 g/mol. The third kappa shape index (κ3) is 2.54. The Morgan fingerprint density at radius 2 is 1.80 bits per heavy atom. The van der Waals surface area contributed by atoms with E-state index in [9.17, 15) is 0 Å². The summed E-state index contributed by atoms with van der Waals surface area (Å²) in [5, 5.41) is 1.83. The first-order chi connectivity index (χ1) is 9.78. The van der Waals surface area contributed by atoms with Crippen LogP contribution in [-0.2, 0) is 12.8 Å². The highest BCUT2D eigenvalue weighted by atomic mass is 35.5. The van der Waals surface area contributed by atoms with Crippen LogP contribution in [-0.4, -0.2) is 4.98 Å². The fourth-order valence-electron chi connectivity index (χ4n) is 2.46. The fraction of sp³-hybridized carbons (Fsp3) is 0.167. The number of hydrogen-bond donors (Lipinski definition) is 0. The predicted octanol–water partition coefficient (Wildman–Crippen LogP) is 5.04. The number of halogens is 1. The summed E-state index contributed by atoms with van der Waals surface area (Å²) < 4.78 is 0. The topological polar surface area (TPSA) is 12.9 Å². The standard InChI is InChI=1S/C18H16ClN/c1-2-15-12-17(19)16-10-6-9-14(18(16)20-15)11-13-7-4-3-5-8-13/h3-10,12H,2,11H2,1H3. The molecule has 1 aromatic heterocycles. The van der Waals surface area contributed by atoms with E-state index >= 15 is 0 Å². The van der Waals surface area contributed by atoms with Crippen LogP contribution in [0.4, 0.5) is 0 Å². The molecule has 3 aromatic rings. The van der Waals surface area contributed by atoms with Gasteiger partial charge in [0.05, 0.1) is 10.5 Å². The van der Waals surface area contributed by atoms with Crippen molar-refractivity contribution in [3.05, 3.63) is 76.4 Å². The molecule has 0 atom stereocenters. The predicted molar refractivity (Wildman–Crippen MR) is 85.4 cm³/mol. The molecule has 0 saturated heterocycles. The Morgan fingerprint density at radius 3 is 2.55 bits per heavy atom. The molecule has 2 heteroatoms. The second kappa shape index (κ2) is 5.64. The van der Waals surface area contributed by atoms with Crippen LogP contribution in [0.2, 0.25) is 5.02 Å². The summed E-state index contributed by atoms with van der Waals surface area (Å²) in [5.41, 5.74) is 4.59. The number of rotatable bonds is 3.